The molecule has 0 bridgehead atoms. The summed E-state index contributed by atoms with van der Waals surface area (Å²) < 4.78 is 13.0. The van der Waals surface area contributed by atoms with E-state index in [0.29, 0.717) is 5.69 Å². The minimum atomic E-state index is -0.189. The maximum atomic E-state index is 13.0. The highest BCUT2D eigenvalue weighted by molar-refractivity contribution is 7.99. The first-order valence-electron chi connectivity index (χ1n) is 5.41. The number of nitrogens with two attached hydrogens (primary N) is 1. The average Bonchev–Trinajstić information content (AvgIpc) is 2.72. The molecule has 0 amide bonds. The summed E-state index contributed by atoms with van der Waals surface area (Å²) in [4.78, 5) is 0. The van der Waals surface area contributed by atoms with Crippen LogP contribution in [0.2, 0.25) is 0 Å². The highest BCUT2D eigenvalue weighted by atomic mass is 32.2. The van der Waals surface area contributed by atoms with Crippen LogP contribution in [-0.2, 0) is 5.75 Å². The molecule has 1 aromatic rings. The van der Waals surface area contributed by atoms with Crippen molar-refractivity contribution >= 4 is 17.4 Å². The SMILES string of the molecule is Nc1ccc(F)cc1CSC1CCCC1. The van der Waals surface area contributed by atoms with Crippen LogP contribution in [0.15, 0.2) is 18.2 Å². The van der Waals surface area contributed by atoms with Crippen LogP contribution in [-0.4, -0.2) is 5.25 Å². The Morgan fingerprint density at radius 1 is 1.33 bits per heavy atom. The predicted molar refractivity (Wildman–Crippen MR) is 64.4 cm³/mol. The fourth-order valence-corrected chi connectivity index (χ4v) is 3.29. The molecular formula is C12H16FNS. The Hall–Kier alpha value is -0.700. The molecule has 1 aliphatic rings. The lowest BCUT2D eigenvalue weighted by molar-refractivity contribution is 0.627. The molecule has 1 aromatic carbocycles. The van der Waals surface area contributed by atoms with Crippen molar-refractivity contribution in [1.82, 2.24) is 0 Å². The first-order valence-corrected chi connectivity index (χ1v) is 6.46. The van der Waals surface area contributed by atoms with Gasteiger partial charge in [-0.3, -0.25) is 0 Å². The summed E-state index contributed by atoms with van der Waals surface area (Å²) in [5.74, 6) is 0.653. The summed E-state index contributed by atoms with van der Waals surface area (Å²) in [7, 11) is 0. The second kappa shape index (κ2) is 4.88. The highest BCUT2D eigenvalue weighted by Crippen LogP contribution is 2.32. The van der Waals surface area contributed by atoms with E-state index in [2.05, 4.69) is 0 Å². The van der Waals surface area contributed by atoms with Crippen LogP contribution in [0.5, 0.6) is 0 Å². The summed E-state index contributed by atoms with van der Waals surface area (Å²) in [5, 5.41) is 0.757. The lowest BCUT2D eigenvalue weighted by Gasteiger charge is -2.10. The van der Waals surface area contributed by atoms with Crippen LogP contribution >= 0.6 is 11.8 Å². The Morgan fingerprint density at radius 2 is 2.07 bits per heavy atom. The Balaban J connectivity index is 1.94. The molecule has 0 heterocycles. The molecule has 3 heteroatoms. The van der Waals surface area contributed by atoms with Gasteiger partial charge < -0.3 is 5.73 Å². The molecule has 0 unspecified atom stereocenters. The molecule has 0 radical (unpaired) electrons. The summed E-state index contributed by atoms with van der Waals surface area (Å²) >= 11 is 1.91. The van der Waals surface area contributed by atoms with E-state index in [-0.39, 0.29) is 5.82 Å². The molecule has 0 aliphatic heterocycles. The van der Waals surface area contributed by atoms with Gasteiger partial charge in [0.15, 0.2) is 0 Å². The van der Waals surface area contributed by atoms with E-state index in [9.17, 15) is 4.39 Å². The molecule has 15 heavy (non-hydrogen) atoms. The Kier molecular flexibility index (Phi) is 3.52. The second-order valence-corrected chi connectivity index (χ2v) is 5.35. The summed E-state index contributed by atoms with van der Waals surface area (Å²) in [6.07, 6.45) is 5.30. The molecule has 0 atom stereocenters. The number of hydrogen-bond donors (Lipinski definition) is 1. The molecule has 0 aromatic heterocycles. The largest absolute Gasteiger partial charge is 0.398 e. The van der Waals surface area contributed by atoms with Crippen molar-refractivity contribution in [1.29, 1.82) is 0 Å². The van der Waals surface area contributed by atoms with E-state index >= 15 is 0 Å². The standard InChI is InChI=1S/C12H16FNS/c13-10-5-6-12(14)9(7-10)8-15-11-3-1-2-4-11/h5-7,11H,1-4,8,14H2. The zero-order chi connectivity index (χ0) is 10.7. The lowest BCUT2D eigenvalue weighted by Crippen LogP contribution is -1.98. The van der Waals surface area contributed by atoms with Crippen molar-refractivity contribution in [2.75, 3.05) is 5.73 Å². The number of rotatable bonds is 3. The normalized spacial score (nSPS) is 17.1. The van der Waals surface area contributed by atoms with Gasteiger partial charge in [0.05, 0.1) is 0 Å². The topological polar surface area (TPSA) is 26.0 Å². The molecular weight excluding hydrogens is 209 g/mol. The maximum Gasteiger partial charge on any atom is 0.123 e. The van der Waals surface area contributed by atoms with Crippen LogP contribution < -0.4 is 5.73 Å². The van der Waals surface area contributed by atoms with Crippen LogP contribution in [0.25, 0.3) is 0 Å². The van der Waals surface area contributed by atoms with Crippen LogP contribution in [0.3, 0.4) is 0 Å². The number of hydrogen-bond acceptors (Lipinski definition) is 2. The number of nitrogen functional groups attached to an aromatic ring is 1. The molecule has 1 saturated carbocycles. The van der Waals surface area contributed by atoms with Gasteiger partial charge in [0.1, 0.15) is 5.82 Å². The van der Waals surface area contributed by atoms with Gasteiger partial charge in [-0.15, -0.1) is 0 Å². The van der Waals surface area contributed by atoms with Crippen molar-refractivity contribution in [3.8, 4) is 0 Å². The molecule has 2 N–H and O–H groups in total. The van der Waals surface area contributed by atoms with Crippen LogP contribution in [0, 0.1) is 5.82 Å². The molecule has 0 saturated heterocycles. The van der Waals surface area contributed by atoms with Gasteiger partial charge in [0.2, 0.25) is 0 Å². The van der Waals surface area contributed by atoms with E-state index < -0.39 is 0 Å². The number of thioether (sulfide) groups is 1. The van der Waals surface area contributed by atoms with Crippen molar-refractivity contribution in [3.05, 3.63) is 29.6 Å². The van der Waals surface area contributed by atoms with Gasteiger partial charge in [0.25, 0.3) is 0 Å². The minimum Gasteiger partial charge on any atom is -0.398 e. The number of halogens is 1. The molecule has 1 aliphatic carbocycles. The molecule has 1 fully saturated rings. The van der Waals surface area contributed by atoms with Crippen molar-refractivity contribution < 1.29 is 4.39 Å². The fourth-order valence-electron chi connectivity index (χ4n) is 1.96. The average molecular weight is 225 g/mol. The third-order valence-electron chi connectivity index (χ3n) is 2.88. The van der Waals surface area contributed by atoms with E-state index in [1.165, 1.54) is 31.7 Å². The Labute approximate surface area is 94.2 Å². The number of benzene rings is 1. The van der Waals surface area contributed by atoms with Crippen molar-refractivity contribution in [2.24, 2.45) is 0 Å². The van der Waals surface area contributed by atoms with Gasteiger partial charge >= 0.3 is 0 Å². The minimum absolute atomic E-state index is 0.189. The van der Waals surface area contributed by atoms with Crippen molar-refractivity contribution in [3.63, 3.8) is 0 Å². The molecule has 0 spiro atoms. The van der Waals surface area contributed by atoms with Crippen LogP contribution in [0.1, 0.15) is 31.2 Å². The first-order chi connectivity index (χ1) is 7.25. The zero-order valence-corrected chi connectivity index (χ0v) is 9.52. The summed E-state index contributed by atoms with van der Waals surface area (Å²) in [6.45, 7) is 0. The highest BCUT2D eigenvalue weighted by Gasteiger charge is 2.15. The first kappa shape index (κ1) is 10.8. The van der Waals surface area contributed by atoms with Crippen molar-refractivity contribution in [2.45, 2.75) is 36.7 Å². The van der Waals surface area contributed by atoms with Gasteiger partial charge in [-0.1, -0.05) is 12.8 Å². The van der Waals surface area contributed by atoms with Gasteiger partial charge in [0, 0.05) is 16.7 Å². The maximum absolute atomic E-state index is 13.0. The van der Waals surface area contributed by atoms with E-state index in [4.69, 9.17) is 5.73 Å². The molecule has 2 rings (SSSR count). The fraction of sp³-hybridized carbons (Fsp3) is 0.500. The lowest BCUT2D eigenvalue weighted by atomic mass is 10.2. The van der Waals surface area contributed by atoms with E-state index in [0.717, 1.165) is 16.6 Å². The second-order valence-electron chi connectivity index (χ2n) is 4.06. The summed E-state index contributed by atoms with van der Waals surface area (Å²) in [6, 6.07) is 4.62. The quantitative estimate of drug-likeness (QED) is 0.796. The number of anilines is 1. The summed E-state index contributed by atoms with van der Waals surface area (Å²) in [5.41, 5.74) is 7.44. The van der Waals surface area contributed by atoms with Gasteiger partial charge in [-0.25, -0.2) is 4.39 Å². The predicted octanol–water partition coefficient (Wildman–Crippen LogP) is 3.58. The smallest absolute Gasteiger partial charge is 0.123 e. The van der Waals surface area contributed by atoms with E-state index in [1.54, 1.807) is 12.1 Å². The van der Waals surface area contributed by atoms with Gasteiger partial charge in [-0.05, 0) is 36.6 Å². The van der Waals surface area contributed by atoms with E-state index in [1.807, 2.05) is 11.8 Å². The third kappa shape index (κ3) is 2.88. The van der Waals surface area contributed by atoms with Gasteiger partial charge in [-0.2, -0.15) is 11.8 Å². The third-order valence-corrected chi connectivity index (χ3v) is 4.30. The molecule has 1 nitrogen and oxygen atoms in total. The monoisotopic (exact) mass is 225 g/mol. The molecule has 82 valence electrons. The zero-order valence-electron chi connectivity index (χ0n) is 8.71. The Morgan fingerprint density at radius 3 is 2.80 bits per heavy atom. The van der Waals surface area contributed by atoms with Crippen LogP contribution in [0.4, 0.5) is 10.1 Å². The Bertz CT molecular complexity index is 334.